The Morgan fingerprint density at radius 3 is 1.02 bits per heavy atom. The molecule has 0 unspecified atom stereocenters. The Morgan fingerprint density at radius 1 is 0.350 bits per heavy atom. The Hall–Kier alpha value is -4.50. The average molecular weight is 948 g/mol. The minimum Gasteiger partial charge on any atom is -0.0623 e. The second-order valence-electron chi connectivity index (χ2n) is 14.6. The molecule has 0 spiro atoms. The van der Waals surface area contributed by atoms with Crippen LogP contribution in [0.2, 0.25) is 10.0 Å². The van der Waals surface area contributed by atoms with Crippen molar-refractivity contribution in [3.05, 3.63) is 215 Å². The van der Waals surface area contributed by atoms with Crippen molar-refractivity contribution in [3.8, 4) is 22.3 Å². The second-order valence-corrected chi connectivity index (χ2v) is 19.2. The molecule has 0 fully saturated rings. The number of halogens is 4. The molecule has 0 amide bonds. The third-order valence-electron chi connectivity index (χ3n) is 10.6. The molecule has 11 aromatic rings. The van der Waals surface area contributed by atoms with Crippen LogP contribution in [-0.4, -0.2) is 11.0 Å². The maximum atomic E-state index is 6.45. The van der Waals surface area contributed by atoms with Crippen molar-refractivity contribution in [3.63, 3.8) is 0 Å². The van der Waals surface area contributed by atoms with Crippen LogP contribution in [0.1, 0.15) is 11.1 Å². The van der Waals surface area contributed by atoms with Crippen LogP contribution in [0.25, 0.3) is 86.9 Å². The first-order chi connectivity index (χ1) is 28.8. The molecular weight excluding hydrogens is 910 g/mol. The van der Waals surface area contributed by atoms with Gasteiger partial charge in [0.25, 0.3) is 0 Å². The zero-order chi connectivity index (χ0) is 40.9. The van der Waals surface area contributed by atoms with Gasteiger partial charge in [-0.15, -0.1) is 56.9 Å². The molecule has 0 aliphatic heterocycles. The van der Waals surface area contributed by atoms with Crippen LogP contribution in [0.3, 0.4) is 0 Å². The quantitative estimate of drug-likeness (QED) is 0.0920. The summed E-state index contributed by atoms with van der Waals surface area (Å²) in [5, 5.41) is 16.7. The van der Waals surface area contributed by atoms with E-state index in [1.54, 1.807) is 0 Å². The number of hydrogen-bond acceptors (Lipinski definition) is 0. The van der Waals surface area contributed by atoms with Gasteiger partial charge in [0, 0.05) is 11.0 Å². The van der Waals surface area contributed by atoms with Crippen LogP contribution >= 0.6 is 40.2 Å². The number of fused-ring (bicyclic) bond motifs is 8. The third-order valence-corrected chi connectivity index (χ3v) is 11.1. The van der Waals surface area contributed by atoms with Crippen LogP contribution in [0.5, 0.6) is 0 Å². The molecule has 0 nitrogen and oxygen atoms in total. The van der Waals surface area contributed by atoms with E-state index >= 15 is 0 Å². The van der Waals surface area contributed by atoms with Crippen LogP contribution in [0.15, 0.2) is 194 Å². The molecule has 0 heterocycles. The summed E-state index contributed by atoms with van der Waals surface area (Å²) >= 11 is 12.1. The summed E-state index contributed by atoms with van der Waals surface area (Å²) in [5.41, 5.74) is 7.43. The molecule has 0 atom stereocenters. The minimum absolute atomic E-state index is 0. The first-order valence-corrected chi connectivity index (χ1v) is 26.4. The van der Waals surface area contributed by atoms with Gasteiger partial charge in [-0.1, -0.05) is 194 Å². The first kappa shape index (κ1) is 43.6. The van der Waals surface area contributed by atoms with E-state index in [4.69, 9.17) is 40.2 Å². The van der Waals surface area contributed by atoms with Gasteiger partial charge in [-0.05, 0) is 76.4 Å². The van der Waals surface area contributed by atoms with Gasteiger partial charge in [0.15, 0.2) is 0 Å². The van der Waals surface area contributed by atoms with E-state index in [9.17, 15) is 0 Å². The molecule has 0 saturated heterocycles. The monoisotopic (exact) mass is 944 g/mol. The second kappa shape index (κ2) is 19.9. The van der Waals surface area contributed by atoms with Crippen molar-refractivity contribution in [2.45, 2.75) is 13.8 Å². The molecule has 6 heteroatoms. The molecule has 0 bridgehead atoms. The fourth-order valence-electron chi connectivity index (χ4n) is 8.25. The fourth-order valence-corrected chi connectivity index (χ4v) is 8.71. The normalized spacial score (nSPS) is 10.6. The van der Waals surface area contributed by atoms with Gasteiger partial charge in [0.05, 0.1) is 0 Å². The molecule has 290 valence electrons. The third kappa shape index (κ3) is 9.36. The Labute approximate surface area is 384 Å². The summed E-state index contributed by atoms with van der Waals surface area (Å²) in [7, 11) is 9.87. The van der Waals surface area contributed by atoms with E-state index < -0.39 is 20.8 Å². The molecule has 4 radical (unpaired) electrons. The summed E-state index contributed by atoms with van der Waals surface area (Å²) in [6.45, 7) is 4.27. The summed E-state index contributed by atoms with van der Waals surface area (Å²) in [6.07, 6.45) is 0. The van der Waals surface area contributed by atoms with E-state index in [0.29, 0.717) is 0 Å². The van der Waals surface area contributed by atoms with Gasteiger partial charge in [-0.3, -0.25) is 0 Å². The Kier molecular flexibility index (Phi) is 14.5. The number of rotatable bonds is 2. The summed E-state index contributed by atoms with van der Waals surface area (Å²) in [4.78, 5) is 0. The minimum atomic E-state index is -0.826. The summed E-state index contributed by atoms with van der Waals surface area (Å²) in [5.74, 6) is 0. The largest absolute Gasteiger partial charge is 0.0623 e. The van der Waals surface area contributed by atoms with Crippen LogP contribution in [-0.2, 0) is 20.8 Å². The van der Waals surface area contributed by atoms with Crippen molar-refractivity contribution in [2.75, 3.05) is 0 Å². The standard InChI is InChI=1S/2C24H16Cl.C6H6.2ClH.Si.Zr/c2*1-15-10-17-12-18(25)14-24(22(17)11-15)23-13-16-6-2-3-7-19(16)20-8-4-5-9-21(20)23;1-2-4-6-5-3-1;;;;/h2*2-14H,1H3;1-6H;2*1H;;/q2*-1;;;;;+4/p-2. The maximum Gasteiger partial charge on any atom is 0 e. The van der Waals surface area contributed by atoms with Crippen molar-refractivity contribution < 1.29 is 20.8 Å². The van der Waals surface area contributed by atoms with Crippen molar-refractivity contribution >= 4 is 116 Å². The van der Waals surface area contributed by atoms with E-state index in [-0.39, 0.29) is 11.0 Å². The predicted octanol–water partition coefficient (Wildman–Crippen LogP) is 17.7. The van der Waals surface area contributed by atoms with Gasteiger partial charge in [-0.2, -0.15) is 12.1 Å². The summed E-state index contributed by atoms with van der Waals surface area (Å²) < 4.78 is 0. The molecule has 11 rings (SSSR count). The molecule has 0 aromatic heterocycles. The smallest absolute Gasteiger partial charge is 0 e. The maximum absolute atomic E-state index is 6.45. The summed E-state index contributed by atoms with van der Waals surface area (Å²) in [6, 6.07) is 68.2. The van der Waals surface area contributed by atoms with Crippen molar-refractivity contribution in [2.24, 2.45) is 0 Å². The first-order valence-electron chi connectivity index (χ1n) is 19.3. The Bertz CT molecular complexity index is 2990. The Morgan fingerprint density at radius 2 is 0.650 bits per heavy atom. The van der Waals surface area contributed by atoms with Gasteiger partial charge >= 0.3 is 37.9 Å². The van der Waals surface area contributed by atoms with Gasteiger partial charge in [0.1, 0.15) is 0 Å². The zero-order valence-corrected chi connectivity index (χ0v) is 39.5. The number of benzene rings is 9. The van der Waals surface area contributed by atoms with E-state index in [2.05, 4.69) is 172 Å². The van der Waals surface area contributed by atoms with Crippen molar-refractivity contribution in [1.29, 1.82) is 0 Å². The van der Waals surface area contributed by atoms with E-state index in [1.807, 2.05) is 36.4 Å². The van der Waals surface area contributed by atoms with E-state index in [0.717, 1.165) is 10.0 Å². The van der Waals surface area contributed by atoms with Crippen LogP contribution in [0.4, 0.5) is 0 Å². The SMILES string of the molecule is Cc1cc2c(-c3cc4ccccc4c4ccccc34)cc(Cl)cc2[cH-]1.Cc1cc2c(-c3cc4ccccc4c4ccccc34)cc(Cl)cc2[cH-]1.[Cl][Zr+2][Cl].[Si].c1ccccc1. The zero-order valence-electron chi connectivity index (χ0n) is 33.0. The van der Waals surface area contributed by atoms with E-state index in [1.165, 1.54) is 98.0 Å². The predicted molar refractivity (Wildman–Crippen MR) is 263 cm³/mol. The molecule has 0 N–H and O–H groups in total. The van der Waals surface area contributed by atoms with Gasteiger partial charge in [-0.25, -0.2) is 0 Å². The Balaban J connectivity index is 0.000000149. The van der Waals surface area contributed by atoms with Crippen LogP contribution < -0.4 is 0 Å². The molecular formula is C54H38Cl4SiZr. The van der Waals surface area contributed by atoms with Crippen molar-refractivity contribution in [1.82, 2.24) is 0 Å². The van der Waals surface area contributed by atoms with Crippen LogP contribution in [0, 0.1) is 13.8 Å². The average Bonchev–Trinajstić information content (AvgIpc) is 3.84. The van der Waals surface area contributed by atoms with Gasteiger partial charge < -0.3 is 0 Å². The molecule has 0 saturated carbocycles. The molecule has 0 aliphatic carbocycles. The number of hydrogen-bond donors (Lipinski definition) is 0. The number of aryl methyl sites for hydroxylation is 2. The molecule has 0 aliphatic rings. The topological polar surface area (TPSA) is 0 Å². The molecule has 11 aromatic carbocycles. The van der Waals surface area contributed by atoms with Gasteiger partial charge in [0.2, 0.25) is 0 Å². The fraction of sp³-hybridized carbons (Fsp3) is 0.0370. The molecule has 60 heavy (non-hydrogen) atoms.